The van der Waals surface area contributed by atoms with Gasteiger partial charge >= 0.3 is 5.97 Å². The van der Waals surface area contributed by atoms with Crippen LogP contribution in [0.15, 0.2) is 78.4 Å². The van der Waals surface area contributed by atoms with Crippen LogP contribution in [0.3, 0.4) is 0 Å². The Balaban J connectivity index is 1.58. The predicted octanol–water partition coefficient (Wildman–Crippen LogP) is 5.43. The molecule has 0 fully saturated rings. The van der Waals surface area contributed by atoms with E-state index in [-0.39, 0.29) is 11.9 Å². The molecule has 5 heteroatoms. The lowest BCUT2D eigenvalue weighted by molar-refractivity contribution is -0.156. The second kappa shape index (κ2) is 10.6. The molecule has 0 heterocycles. The summed E-state index contributed by atoms with van der Waals surface area (Å²) < 4.78 is 6.41. The number of ether oxygens (including phenoxy) is 1. The summed E-state index contributed by atoms with van der Waals surface area (Å²) >= 11 is 0. The van der Waals surface area contributed by atoms with E-state index >= 15 is 0 Å². The van der Waals surface area contributed by atoms with Crippen LogP contribution < -0.4 is 11.1 Å². The van der Waals surface area contributed by atoms with Crippen LogP contribution in [0.1, 0.15) is 64.5 Å². The minimum Gasteiger partial charge on any atom is -0.455 e. The molecule has 0 aliphatic heterocycles. The first-order valence-electron chi connectivity index (χ1n) is 13.4. The zero-order chi connectivity index (χ0) is 26.9. The smallest absolute Gasteiger partial charge is 0.323 e. The van der Waals surface area contributed by atoms with Crippen LogP contribution in [0.4, 0.5) is 0 Å². The molecule has 5 rings (SSSR count). The summed E-state index contributed by atoms with van der Waals surface area (Å²) in [6.45, 7) is 4.12. The van der Waals surface area contributed by atoms with Crippen molar-refractivity contribution in [1.29, 1.82) is 0 Å². The molecule has 3 aromatic rings. The molecule has 0 saturated carbocycles. The number of esters is 1. The van der Waals surface area contributed by atoms with Crippen LogP contribution in [-0.2, 0) is 28.8 Å². The quantitative estimate of drug-likeness (QED) is 0.398. The van der Waals surface area contributed by atoms with Gasteiger partial charge in [0.1, 0.15) is 12.1 Å². The Bertz CT molecular complexity index is 1370. The van der Waals surface area contributed by atoms with Gasteiger partial charge in [-0.25, -0.2) is 0 Å². The van der Waals surface area contributed by atoms with E-state index in [9.17, 15) is 9.59 Å². The molecule has 3 N–H and O–H groups in total. The van der Waals surface area contributed by atoms with Gasteiger partial charge in [0, 0.05) is 18.0 Å². The van der Waals surface area contributed by atoms with Gasteiger partial charge in [0.25, 0.3) is 5.91 Å². The molecule has 2 aliphatic rings. The van der Waals surface area contributed by atoms with Gasteiger partial charge in [-0.3, -0.25) is 9.59 Å². The van der Waals surface area contributed by atoms with E-state index in [1.165, 1.54) is 22.3 Å². The van der Waals surface area contributed by atoms with Gasteiger partial charge in [0.05, 0.1) is 0 Å². The number of nitrogens with one attached hydrogen (secondary N) is 1. The lowest BCUT2D eigenvalue weighted by Gasteiger charge is -2.38. The van der Waals surface area contributed by atoms with Gasteiger partial charge in [-0.1, -0.05) is 86.2 Å². The fourth-order valence-corrected chi connectivity index (χ4v) is 6.10. The maximum atomic E-state index is 13.4. The van der Waals surface area contributed by atoms with Crippen LogP contribution >= 0.6 is 0 Å². The summed E-state index contributed by atoms with van der Waals surface area (Å²) in [5, 5.41) is 2.68. The average molecular weight is 509 g/mol. The fourth-order valence-electron chi connectivity index (χ4n) is 6.10. The number of rotatable bonds is 8. The Morgan fingerprint density at radius 3 is 2.37 bits per heavy atom. The number of fused-ring (bicyclic) bond motifs is 2. The van der Waals surface area contributed by atoms with Crippen molar-refractivity contribution in [3.63, 3.8) is 0 Å². The molecular formula is C33H36N2O3. The Morgan fingerprint density at radius 2 is 1.68 bits per heavy atom. The molecule has 1 amide bonds. The first-order valence-corrected chi connectivity index (χ1v) is 13.4. The van der Waals surface area contributed by atoms with Crippen LogP contribution in [0, 0.1) is 11.3 Å². The maximum Gasteiger partial charge on any atom is 0.323 e. The summed E-state index contributed by atoms with van der Waals surface area (Å²) in [6, 6.07) is 23.8. The number of nitrogens with two attached hydrogens (primary N) is 1. The van der Waals surface area contributed by atoms with Crippen LogP contribution in [0.5, 0.6) is 0 Å². The maximum absolute atomic E-state index is 13.4. The third kappa shape index (κ3) is 4.91. The monoisotopic (exact) mass is 508 g/mol. The van der Waals surface area contributed by atoms with Crippen LogP contribution in [-0.4, -0.2) is 25.0 Å². The second-order valence-corrected chi connectivity index (χ2v) is 11.1. The third-order valence-corrected chi connectivity index (χ3v) is 7.98. The molecule has 0 aromatic heterocycles. The fraction of sp³-hybridized carbons (Fsp3) is 0.333. The highest BCUT2D eigenvalue weighted by molar-refractivity contribution is 5.93. The van der Waals surface area contributed by atoms with E-state index in [1.54, 1.807) is 7.05 Å². The minimum absolute atomic E-state index is 0.112. The Labute approximate surface area is 225 Å². The van der Waals surface area contributed by atoms with Crippen LogP contribution in [0.2, 0.25) is 0 Å². The lowest BCUT2D eigenvalue weighted by Crippen LogP contribution is -2.39. The van der Waals surface area contributed by atoms with Crippen molar-refractivity contribution < 1.29 is 14.3 Å². The van der Waals surface area contributed by atoms with E-state index in [1.807, 2.05) is 36.4 Å². The van der Waals surface area contributed by atoms with E-state index in [0.29, 0.717) is 24.3 Å². The van der Waals surface area contributed by atoms with E-state index in [0.717, 1.165) is 24.0 Å². The van der Waals surface area contributed by atoms with Crippen molar-refractivity contribution in [2.45, 2.75) is 51.7 Å². The van der Waals surface area contributed by atoms with Crippen molar-refractivity contribution in [3.8, 4) is 0 Å². The summed E-state index contributed by atoms with van der Waals surface area (Å²) in [4.78, 5) is 25.5. The molecule has 0 bridgehead atoms. The van der Waals surface area contributed by atoms with Crippen molar-refractivity contribution in [3.05, 3.63) is 112 Å². The van der Waals surface area contributed by atoms with Gasteiger partial charge in [-0.2, -0.15) is 0 Å². The zero-order valence-electron chi connectivity index (χ0n) is 22.4. The second-order valence-electron chi connectivity index (χ2n) is 11.1. The third-order valence-electron chi connectivity index (χ3n) is 7.98. The largest absolute Gasteiger partial charge is 0.455 e. The Morgan fingerprint density at radius 1 is 1.00 bits per heavy atom. The molecule has 5 nitrogen and oxygen atoms in total. The number of carbonyl (C=O) groups is 2. The summed E-state index contributed by atoms with van der Waals surface area (Å²) in [5.74, 6) is -0.167. The van der Waals surface area contributed by atoms with Gasteiger partial charge in [0.2, 0.25) is 0 Å². The summed E-state index contributed by atoms with van der Waals surface area (Å²) in [6.07, 6.45) is 4.66. The number of hydrogen-bond donors (Lipinski definition) is 2. The molecule has 0 spiro atoms. The Kier molecular flexibility index (Phi) is 7.22. The van der Waals surface area contributed by atoms with Gasteiger partial charge in [-0.15, -0.1) is 0 Å². The standard InChI is InChI=1S/C33H36N2O3/c1-21(2)16-29(34)32(37)38-30-28-11-7-6-10-26(28)20-33(30,27-17-24-8-4-5-9-25(24)18-27)19-22-12-14-23(15-13-22)31(36)35-3/h4-15,17,21,29-30H,16,18-20,34H2,1-3H3,(H,35,36). The minimum atomic E-state index is -0.665. The van der Waals surface area contributed by atoms with E-state index in [2.05, 4.69) is 61.6 Å². The highest BCUT2D eigenvalue weighted by Crippen LogP contribution is 2.56. The molecule has 0 saturated heterocycles. The average Bonchev–Trinajstić information content (AvgIpc) is 3.48. The topological polar surface area (TPSA) is 81.4 Å². The molecule has 2 aliphatic carbocycles. The summed E-state index contributed by atoms with van der Waals surface area (Å²) in [5.41, 5.74) is 13.6. The number of hydrogen-bond acceptors (Lipinski definition) is 4. The highest BCUT2D eigenvalue weighted by atomic mass is 16.5. The molecular weight excluding hydrogens is 472 g/mol. The van der Waals surface area contributed by atoms with Gasteiger partial charge < -0.3 is 15.8 Å². The number of carbonyl (C=O) groups excluding carboxylic acids is 2. The number of amides is 1. The van der Waals surface area contributed by atoms with Crippen molar-refractivity contribution in [2.75, 3.05) is 7.05 Å². The lowest BCUT2D eigenvalue weighted by atomic mass is 9.70. The van der Waals surface area contributed by atoms with Gasteiger partial charge in [0.15, 0.2) is 0 Å². The normalized spacial score (nSPS) is 20.4. The van der Waals surface area contributed by atoms with Crippen LogP contribution in [0.25, 0.3) is 6.08 Å². The summed E-state index contributed by atoms with van der Waals surface area (Å²) in [7, 11) is 1.63. The first kappa shape index (κ1) is 25.9. The number of benzene rings is 3. The Hall–Kier alpha value is -3.70. The first-order chi connectivity index (χ1) is 18.3. The molecule has 3 aromatic carbocycles. The molecule has 196 valence electrons. The predicted molar refractivity (Wildman–Crippen MR) is 151 cm³/mol. The van der Waals surface area contributed by atoms with Crippen molar-refractivity contribution >= 4 is 18.0 Å². The molecule has 3 unspecified atom stereocenters. The molecule has 3 atom stereocenters. The molecule has 0 radical (unpaired) electrons. The van der Waals surface area contributed by atoms with Crippen molar-refractivity contribution in [2.24, 2.45) is 17.1 Å². The zero-order valence-corrected chi connectivity index (χ0v) is 22.4. The van der Waals surface area contributed by atoms with Gasteiger partial charge in [-0.05, 0) is 71.6 Å². The van der Waals surface area contributed by atoms with E-state index < -0.39 is 17.6 Å². The van der Waals surface area contributed by atoms with E-state index in [4.69, 9.17) is 10.5 Å². The molecule has 38 heavy (non-hydrogen) atoms. The van der Waals surface area contributed by atoms with Crippen molar-refractivity contribution in [1.82, 2.24) is 5.32 Å². The SMILES string of the molecule is CNC(=O)c1ccc(CC2(C3=Cc4ccccc4C3)Cc3ccccc3C2OC(=O)C(N)CC(C)C)cc1. The highest BCUT2D eigenvalue weighted by Gasteiger charge is 2.51.